The minimum Gasteiger partial charge on any atom is -0.744 e. The van der Waals surface area contributed by atoms with Gasteiger partial charge in [0.15, 0.2) is 0 Å². The summed E-state index contributed by atoms with van der Waals surface area (Å²) in [4.78, 5) is 21.7. The van der Waals surface area contributed by atoms with Crippen molar-refractivity contribution in [1.82, 2.24) is 0 Å². The van der Waals surface area contributed by atoms with E-state index in [1.165, 1.54) is 19.1 Å². The van der Waals surface area contributed by atoms with Crippen molar-refractivity contribution in [3.05, 3.63) is 23.8 Å². The molecule has 0 fully saturated rings. The summed E-state index contributed by atoms with van der Waals surface area (Å²) in [7, 11) is -4.51. The van der Waals surface area contributed by atoms with Gasteiger partial charge in [-0.05, 0) is 37.6 Å². The van der Waals surface area contributed by atoms with Crippen molar-refractivity contribution in [2.45, 2.75) is 25.2 Å². The molecule has 1 aromatic carbocycles. The molecule has 1 aromatic rings. The zero-order valence-electron chi connectivity index (χ0n) is 10.9. The first-order chi connectivity index (χ1) is 8.20. The molecular formula is C11H12KNO5S. The number of rotatable bonds is 4. The molecule has 0 saturated carbocycles. The fraction of sp³-hybridized carbons (Fsp3) is 0.273. The average molecular weight is 309 g/mol. The van der Waals surface area contributed by atoms with Crippen LogP contribution in [0.5, 0.6) is 0 Å². The van der Waals surface area contributed by atoms with E-state index in [0.29, 0.717) is 11.3 Å². The number of Topliss-reactive ketones (excluding diaryl/α,β-unsaturated/α-hetero) is 1. The van der Waals surface area contributed by atoms with E-state index in [1.807, 2.05) is 0 Å². The molecule has 98 valence electrons. The molecule has 0 bridgehead atoms. The van der Waals surface area contributed by atoms with E-state index in [0.717, 1.165) is 6.07 Å². The molecule has 8 heteroatoms. The van der Waals surface area contributed by atoms with E-state index in [9.17, 15) is 22.6 Å². The van der Waals surface area contributed by atoms with Crippen LogP contribution >= 0.6 is 0 Å². The van der Waals surface area contributed by atoms with E-state index in [2.05, 4.69) is 5.32 Å². The summed E-state index contributed by atoms with van der Waals surface area (Å²) < 4.78 is 32.3. The molecule has 0 spiro atoms. The summed E-state index contributed by atoms with van der Waals surface area (Å²) in [6.07, 6.45) is -0.249. The Morgan fingerprint density at radius 2 is 1.89 bits per heavy atom. The fourth-order valence-corrected chi connectivity index (χ4v) is 1.91. The van der Waals surface area contributed by atoms with Gasteiger partial charge in [-0.1, -0.05) is 0 Å². The van der Waals surface area contributed by atoms with Crippen molar-refractivity contribution in [1.29, 1.82) is 0 Å². The largest absolute Gasteiger partial charge is 1.00 e. The van der Waals surface area contributed by atoms with Crippen LogP contribution in [0.25, 0.3) is 0 Å². The Bertz CT molecular complexity index is 597. The second-order valence-corrected chi connectivity index (χ2v) is 5.24. The molecule has 1 rings (SSSR count). The number of hydrogen-bond donors (Lipinski definition) is 1. The van der Waals surface area contributed by atoms with Gasteiger partial charge in [0.25, 0.3) is 0 Å². The van der Waals surface area contributed by atoms with Crippen LogP contribution in [-0.4, -0.2) is 24.7 Å². The molecule has 19 heavy (non-hydrogen) atoms. The van der Waals surface area contributed by atoms with Crippen molar-refractivity contribution in [3.8, 4) is 0 Å². The van der Waals surface area contributed by atoms with Crippen LogP contribution in [-0.2, 0) is 19.7 Å². The Morgan fingerprint density at radius 1 is 1.32 bits per heavy atom. The van der Waals surface area contributed by atoms with E-state index in [-0.39, 0.29) is 68.5 Å². The number of carbonyl (C=O) groups excluding carboxylic acids is 2. The van der Waals surface area contributed by atoms with Gasteiger partial charge in [0.2, 0.25) is 5.91 Å². The first kappa shape index (κ1) is 18.9. The number of amides is 1. The predicted octanol–water partition coefficient (Wildman–Crippen LogP) is -2.18. The molecule has 0 unspecified atom stereocenters. The van der Waals surface area contributed by atoms with Gasteiger partial charge >= 0.3 is 51.4 Å². The third-order valence-corrected chi connectivity index (χ3v) is 3.00. The molecule has 1 amide bonds. The predicted molar refractivity (Wildman–Crippen MR) is 63.1 cm³/mol. The Balaban J connectivity index is 0.00000324. The van der Waals surface area contributed by atoms with Crippen LogP contribution in [0, 0.1) is 6.92 Å². The number of anilines is 1. The smallest absolute Gasteiger partial charge is 0.744 e. The van der Waals surface area contributed by atoms with E-state index < -0.39 is 16.0 Å². The summed E-state index contributed by atoms with van der Waals surface area (Å²) in [6, 6.07) is 3.60. The molecule has 0 aliphatic heterocycles. The second-order valence-electron chi connectivity index (χ2n) is 3.86. The number of ketones is 1. The van der Waals surface area contributed by atoms with Gasteiger partial charge in [0.1, 0.15) is 15.9 Å². The third kappa shape index (κ3) is 6.26. The minimum absolute atomic E-state index is 0. The number of carbonyl (C=O) groups is 2. The molecule has 0 heterocycles. The van der Waals surface area contributed by atoms with Crippen molar-refractivity contribution >= 4 is 27.5 Å². The summed E-state index contributed by atoms with van der Waals surface area (Å²) in [5, 5.41) is 2.46. The summed E-state index contributed by atoms with van der Waals surface area (Å²) in [6.45, 7) is 2.84. The molecule has 0 atom stereocenters. The van der Waals surface area contributed by atoms with Crippen LogP contribution in [0.4, 0.5) is 5.69 Å². The van der Waals surface area contributed by atoms with Crippen molar-refractivity contribution < 1.29 is 73.9 Å². The Kier molecular flexibility index (Phi) is 7.59. The van der Waals surface area contributed by atoms with Crippen LogP contribution in [0.3, 0.4) is 0 Å². The molecule has 6 nitrogen and oxygen atoms in total. The maximum Gasteiger partial charge on any atom is 1.00 e. The monoisotopic (exact) mass is 309 g/mol. The van der Waals surface area contributed by atoms with Gasteiger partial charge in [-0.25, -0.2) is 8.42 Å². The van der Waals surface area contributed by atoms with Gasteiger partial charge in [0, 0.05) is 5.69 Å². The maximum absolute atomic E-state index is 11.3. The first-order valence-electron chi connectivity index (χ1n) is 5.06. The number of hydrogen-bond acceptors (Lipinski definition) is 5. The number of nitrogens with one attached hydrogen (secondary N) is 1. The van der Waals surface area contributed by atoms with Crippen LogP contribution in [0.2, 0.25) is 0 Å². The van der Waals surface area contributed by atoms with Crippen LogP contribution < -0.4 is 56.7 Å². The van der Waals surface area contributed by atoms with E-state index in [4.69, 9.17) is 0 Å². The quantitative estimate of drug-likeness (QED) is 0.387. The van der Waals surface area contributed by atoms with Gasteiger partial charge in [-0.15, -0.1) is 0 Å². The molecule has 0 saturated heterocycles. The van der Waals surface area contributed by atoms with E-state index in [1.54, 1.807) is 6.92 Å². The van der Waals surface area contributed by atoms with Crippen LogP contribution in [0.1, 0.15) is 18.9 Å². The van der Waals surface area contributed by atoms with Crippen molar-refractivity contribution in [2.75, 3.05) is 5.32 Å². The molecule has 0 aliphatic rings. The van der Waals surface area contributed by atoms with Gasteiger partial charge in [-0.2, -0.15) is 0 Å². The third-order valence-electron chi connectivity index (χ3n) is 2.17. The first-order valence-corrected chi connectivity index (χ1v) is 6.47. The van der Waals surface area contributed by atoms with Gasteiger partial charge in [0.05, 0.1) is 11.3 Å². The molecular weight excluding hydrogens is 297 g/mol. The van der Waals surface area contributed by atoms with E-state index >= 15 is 0 Å². The standard InChI is InChI=1S/C11H13NO5S.K/c1-7-5-9(18(15,16)17)3-4-10(7)12-11(14)6-8(2)13;/h3-5H,6H2,1-2H3,(H,12,14)(H,15,16,17);/q;+1/p-1. The normalized spacial score (nSPS) is 10.5. The SMILES string of the molecule is CC(=O)CC(=O)Nc1ccc(S(=O)(=O)[O-])cc1C.[K+]. The second kappa shape index (κ2) is 7.63. The average Bonchev–Trinajstić information content (AvgIpc) is 2.18. The summed E-state index contributed by atoms with van der Waals surface area (Å²) >= 11 is 0. The number of benzene rings is 1. The minimum atomic E-state index is -4.51. The molecule has 1 N–H and O–H groups in total. The Labute approximate surface area is 154 Å². The Morgan fingerprint density at radius 3 is 2.32 bits per heavy atom. The van der Waals surface area contributed by atoms with Gasteiger partial charge < -0.3 is 9.87 Å². The number of aryl methyl sites for hydroxylation is 1. The summed E-state index contributed by atoms with van der Waals surface area (Å²) in [5.74, 6) is -0.757. The molecule has 0 aromatic heterocycles. The van der Waals surface area contributed by atoms with Crippen molar-refractivity contribution in [3.63, 3.8) is 0 Å². The van der Waals surface area contributed by atoms with Gasteiger partial charge in [-0.3, -0.25) is 9.59 Å². The summed E-state index contributed by atoms with van der Waals surface area (Å²) in [5.41, 5.74) is 0.803. The zero-order chi connectivity index (χ0) is 13.9. The molecule has 0 radical (unpaired) electrons. The topological polar surface area (TPSA) is 103 Å². The van der Waals surface area contributed by atoms with Crippen molar-refractivity contribution in [2.24, 2.45) is 0 Å². The molecule has 0 aliphatic carbocycles. The Hall–Kier alpha value is -0.0936. The fourth-order valence-electron chi connectivity index (χ4n) is 1.35. The maximum atomic E-state index is 11.3. The van der Waals surface area contributed by atoms with Crippen LogP contribution in [0.15, 0.2) is 23.1 Å². The zero-order valence-corrected chi connectivity index (χ0v) is 14.8.